The molecule has 4 nitrogen and oxygen atoms in total. The molecule has 1 aromatic heterocycles. The summed E-state index contributed by atoms with van der Waals surface area (Å²) in [5.74, 6) is 1.39. The van der Waals surface area contributed by atoms with Gasteiger partial charge < -0.3 is 9.73 Å². The van der Waals surface area contributed by atoms with Gasteiger partial charge >= 0.3 is 0 Å². The van der Waals surface area contributed by atoms with Gasteiger partial charge in [-0.2, -0.15) is 0 Å². The minimum atomic E-state index is 0.292. The van der Waals surface area contributed by atoms with Gasteiger partial charge in [-0.25, -0.2) is 0 Å². The molecular formula is C8H13N3O. The molecule has 0 radical (unpaired) electrons. The van der Waals surface area contributed by atoms with E-state index in [9.17, 15) is 0 Å². The molecule has 1 aromatic rings. The van der Waals surface area contributed by atoms with Crippen LogP contribution in [0.15, 0.2) is 4.42 Å². The normalized spacial score (nSPS) is 24.2. The number of aryl methyl sites for hydroxylation is 1. The lowest BCUT2D eigenvalue weighted by atomic mass is 10.1. The van der Waals surface area contributed by atoms with Crippen molar-refractivity contribution in [1.82, 2.24) is 15.5 Å². The second-order valence-corrected chi connectivity index (χ2v) is 3.16. The highest BCUT2D eigenvalue weighted by atomic mass is 16.4. The van der Waals surface area contributed by atoms with Gasteiger partial charge in [0.25, 0.3) is 0 Å². The number of hydrogen-bond acceptors (Lipinski definition) is 4. The third-order valence-electron chi connectivity index (χ3n) is 2.15. The molecule has 0 amide bonds. The van der Waals surface area contributed by atoms with Gasteiger partial charge in [-0.05, 0) is 19.4 Å². The topological polar surface area (TPSA) is 51.0 Å². The van der Waals surface area contributed by atoms with Crippen molar-refractivity contribution in [2.45, 2.75) is 32.2 Å². The summed E-state index contributed by atoms with van der Waals surface area (Å²) < 4.78 is 5.34. The molecule has 4 heteroatoms. The summed E-state index contributed by atoms with van der Waals surface area (Å²) in [5, 5.41) is 11.1. The summed E-state index contributed by atoms with van der Waals surface area (Å²) in [6.07, 6.45) is 3.62. The summed E-state index contributed by atoms with van der Waals surface area (Å²) in [4.78, 5) is 0. The molecule has 0 aliphatic carbocycles. The van der Waals surface area contributed by atoms with Crippen molar-refractivity contribution in [1.29, 1.82) is 0 Å². The average molecular weight is 167 g/mol. The zero-order valence-electron chi connectivity index (χ0n) is 7.21. The summed E-state index contributed by atoms with van der Waals surface area (Å²) in [7, 11) is 0. The van der Waals surface area contributed by atoms with Gasteiger partial charge in [0.1, 0.15) is 0 Å². The first kappa shape index (κ1) is 7.73. The van der Waals surface area contributed by atoms with Crippen LogP contribution >= 0.6 is 0 Å². The van der Waals surface area contributed by atoms with Crippen molar-refractivity contribution < 1.29 is 4.42 Å². The maximum atomic E-state index is 5.34. The molecule has 0 saturated carbocycles. The lowest BCUT2D eigenvalue weighted by Crippen LogP contribution is -2.26. The number of nitrogens with one attached hydrogen (secondary N) is 1. The summed E-state index contributed by atoms with van der Waals surface area (Å²) in [6, 6.07) is 0.292. The molecule has 1 atom stereocenters. The standard InChI is InChI=1S/C8H13N3O/c1-6-10-11-8(12-6)7-4-2-3-5-9-7/h7,9H,2-5H2,1H3. The highest BCUT2D eigenvalue weighted by Gasteiger charge is 2.19. The van der Waals surface area contributed by atoms with E-state index in [-0.39, 0.29) is 0 Å². The maximum Gasteiger partial charge on any atom is 0.233 e. The Balaban J connectivity index is 2.08. The van der Waals surface area contributed by atoms with E-state index < -0.39 is 0 Å². The number of aromatic nitrogens is 2. The largest absolute Gasteiger partial charge is 0.424 e. The highest BCUT2D eigenvalue weighted by molar-refractivity contribution is 4.90. The Morgan fingerprint density at radius 3 is 2.92 bits per heavy atom. The SMILES string of the molecule is Cc1nnc(C2CCCCN2)o1. The Morgan fingerprint density at radius 1 is 1.42 bits per heavy atom. The van der Waals surface area contributed by atoms with Crippen LogP contribution in [-0.4, -0.2) is 16.7 Å². The molecule has 1 fully saturated rings. The molecule has 1 N–H and O–H groups in total. The fourth-order valence-corrected chi connectivity index (χ4v) is 1.52. The summed E-state index contributed by atoms with van der Waals surface area (Å²) in [6.45, 7) is 2.88. The van der Waals surface area contributed by atoms with Crippen molar-refractivity contribution >= 4 is 0 Å². The number of rotatable bonds is 1. The van der Waals surface area contributed by atoms with Crippen LogP contribution in [0.3, 0.4) is 0 Å². The van der Waals surface area contributed by atoms with Gasteiger partial charge in [-0.15, -0.1) is 10.2 Å². The van der Waals surface area contributed by atoms with Crippen LogP contribution in [0.2, 0.25) is 0 Å². The van der Waals surface area contributed by atoms with E-state index in [0.29, 0.717) is 11.9 Å². The molecule has 12 heavy (non-hydrogen) atoms. The Labute approximate surface area is 71.4 Å². The van der Waals surface area contributed by atoms with Crippen molar-refractivity contribution in [3.63, 3.8) is 0 Å². The molecule has 2 rings (SSSR count). The third-order valence-corrected chi connectivity index (χ3v) is 2.15. The Kier molecular flexibility index (Phi) is 2.08. The lowest BCUT2D eigenvalue weighted by Gasteiger charge is -2.19. The first-order valence-electron chi connectivity index (χ1n) is 4.39. The summed E-state index contributed by atoms with van der Waals surface area (Å²) in [5.41, 5.74) is 0. The van der Waals surface area contributed by atoms with Crippen LogP contribution in [0.5, 0.6) is 0 Å². The minimum Gasteiger partial charge on any atom is -0.424 e. The van der Waals surface area contributed by atoms with Crippen molar-refractivity contribution in [3.05, 3.63) is 11.8 Å². The zero-order chi connectivity index (χ0) is 8.39. The van der Waals surface area contributed by atoms with Crippen LogP contribution in [0.4, 0.5) is 0 Å². The van der Waals surface area contributed by atoms with Crippen LogP contribution in [0, 0.1) is 6.92 Å². The third kappa shape index (κ3) is 1.48. The average Bonchev–Trinajstić information content (AvgIpc) is 2.54. The van der Waals surface area contributed by atoms with Crippen molar-refractivity contribution in [2.24, 2.45) is 0 Å². The van der Waals surface area contributed by atoms with E-state index in [1.807, 2.05) is 6.92 Å². The molecule has 1 aliphatic heterocycles. The molecule has 0 spiro atoms. The Hall–Kier alpha value is -0.900. The van der Waals surface area contributed by atoms with Gasteiger partial charge in [0, 0.05) is 6.92 Å². The lowest BCUT2D eigenvalue weighted by molar-refractivity contribution is 0.333. The predicted octanol–water partition coefficient (Wildman–Crippen LogP) is 1.19. The van der Waals surface area contributed by atoms with Gasteiger partial charge in [0.15, 0.2) is 0 Å². The first-order chi connectivity index (χ1) is 5.86. The van der Waals surface area contributed by atoms with E-state index in [4.69, 9.17) is 4.42 Å². The second-order valence-electron chi connectivity index (χ2n) is 3.16. The monoisotopic (exact) mass is 167 g/mol. The van der Waals surface area contributed by atoms with Gasteiger partial charge in [-0.3, -0.25) is 0 Å². The van der Waals surface area contributed by atoms with E-state index in [2.05, 4.69) is 15.5 Å². The molecule has 1 unspecified atom stereocenters. The van der Waals surface area contributed by atoms with Crippen LogP contribution in [0.25, 0.3) is 0 Å². The van der Waals surface area contributed by atoms with Gasteiger partial charge in [0.05, 0.1) is 6.04 Å². The first-order valence-corrected chi connectivity index (χ1v) is 4.39. The Morgan fingerprint density at radius 2 is 2.33 bits per heavy atom. The molecule has 1 saturated heterocycles. The van der Waals surface area contributed by atoms with E-state index in [0.717, 1.165) is 18.9 Å². The van der Waals surface area contributed by atoms with Gasteiger partial charge in [0.2, 0.25) is 11.8 Å². The molecule has 0 aromatic carbocycles. The van der Waals surface area contributed by atoms with Gasteiger partial charge in [-0.1, -0.05) is 6.42 Å². The number of hydrogen-bond donors (Lipinski definition) is 1. The fraction of sp³-hybridized carbons (Fsp3) is 0.750. The molecule has 1 aliphatic rings. The van der Waals surface area contributed by atoms with Crippen LogP contribution < -0.4 is 5.32 Å². The highest BCUT2D eigenvalue weighted by Crippen LogP contribution is 2.21. The molecule has 0 bridgehead atoms. The predicted molar refractivity (Wildman–Crippen MR) is 43.6 cm³/mol. The van der Waals surface area contributed by atoms with E-state index in [1.165, 1.54) is 12.8 Å². The van der Waals surface area contributed by atoms with Crippen molar-refractivity contribution in [2.75, 3.05) is 6.54 Å². The molecular weight excluding hydrogens is 154 g/mol. The van der Waals surface area contributed by atoms with E-state index in [1.54, 1.807) is 0 Å². The second kappa shape index (κ2) is 3.23. The fourth-order valence-electron chi connectivity index (χ4n) is 1.52. The molecule has 2 heterocycles. The Bertz CT molecular complexity index is 253. The van der Waals surface area contributed by atoms with E-state index >= 15 is 0 Å². The number of nitrogens with zero attached hydrogens (tertiary/aromatic N) is 2. The zero-order valence-corrected chi connectivity index (χ0v) is 7.21. The maximum absolute atomic E-state index is 5.34. The smallest absolute Gasteiger partial charge is 0.233 e. The van der Waals surface area contributed by atoms with Crippen LogP contribution in [-0.2, 0) is 0 Å². The van der Waals surface area contributed by atoms with Crippen molar-refractivity contribution in [3.8, 4) is 0 Å². The number of piperidine rings is 1. The molecule has 66 valence electrons. The minimum absolute atomic E-state index is 0.292. The quantitative estimate of drug-likeness (QED) is 0.682. The summed E-state index contributed by atoms with van der Waals surface area (Å²) >= 11 is 0. The van der Waals surface area contributed by atoms with Crippen LogP contribution in [0.1, 0.15) is 37.1 Å².